The molecular formula is C20H28N2O3. The van der Waals surface area contributed by atoms with E-state index in [9.17, 15) is 9.90 Å². The van der Waals surface area contributed by atoms with Crippen molar-refractivity contribution < 1.29 is 14.6 Å². The van der Waals surface area contributed by atoms with Gasteiger partial charge in [0.15, 0.2) is 5.75 Å². The van der Waals surface area contributed by atoms with E-state index in [1.165, 1.54) is 19.4 Å². The number of unbranched alkanes of at least 4 members (excludes halogenated alkanes) is 1. The second kappa shape index (κ2) is 7.91. The van der Waals surface area contributed by atoms with Crippen LogP contribution < -0.4 is 4.74 Å². The van der Waals surface area contributed by atoms with Gasteiger partial charge in [0, 0.05) is 6.20 Å². The molecule has 5 nitrogen and oxygen atoms in total. The van der Waals surface area contributed by atoms with Crippen molar-refractivity contribution in [3.05, 3.63) is 35.7 Å². The van der Waals surface area contributed by atoms with Gasteiger partial charge < -0.3 is 19.1 Å². The smallest absolute Gasteiger partial charge is 0.341 e. The monoisotopic (exact) mass is 344 g/mol. The Morgan fingerprint density at radius 1 is 1.32 bits per heavy atom. The van der Waals surface area contributed by atoms with Crippen LogP contribution >= 0.6 is 0 Å². The van der Waals surface area contributed by atoms with Crippen LogP contribution in [0.2, 0.25) is 0 Å². The van der Waals surface area contributed by atoms with Gasteiger partial charge in [-0.3, -0.25) is 0 Å². The minimum Gasteiger partial charge on any atom is -0.494 e. The summed E-state index contributed by atoms with van der Waals surface area (Å²) in [6.07, 6.45) is 7.64. The molecule has 0 saturated carbocycles. The molecule has 5 heteroatoms. The topological polar surface area (TPSA) is 54.2 Å². The van der Waals surface area contributed by atoms with E-state index in [2.05, 4.69) is 11.8 Å². The fourth-order valence-corrected chi connectivity index (χ4v) is 3.94. The molecule has 0 spiro atoms. The van der Waals surface area contributed by atoms with Gasteiger partial charge in [-0.05, 0) is 63.4 Å². The zero-order valence-electron chi connectivity index (χ0n) is 15.2. The Kier molecular flexibility index (Phi) is 5.63. The number of hydrogen-bond acceptors (Lipinski definition) is 3. The highest BCUT2D eigenvalue weighted by atomic mass is 16.5. The van der Waals surface area contributed by atoms with Gasteiger partial charge in [0.2, 0.25) is 0 Å². The summed E-state index contributed by atoms with van der Waals surface area (Å²) in [5.41, 5.74) is 1.98. The van der Waals surface area contributed by atoms with Crippen molar-refractivity contribution in [3.8, 4) is 5.75 Å². The lowest BCUT2D eigenvalue weighted by molar-refractivity contribution is 0.0695. The number of nitrogens with zero attached hydrogens (tertiary/aromatic N) is 2. The van der Waals surface area contributed by atoms with E-state index < -0.39 is 5.97 Å². The van der Waals surface area contributed by atoms with Gasteiger partial charge in [0.25, 0.3) is 0 Å². The van der Waals surface area contributed by atoms with Crippen LogP contribution in [0.15, 0.2) is 24.4 Å². The lowest BCUT2D eigenvalue weighted by atomic mass is 9.91. The first-order chi connectivity index (χ1) is 12.2. The van der Waals surface area contributed by atoms with Gasteiger partial charge in [-0.25, -0.2) is 4.79 Å². The number of rotatable bonds is 7. The first-order valence-corrected chi connectivity index (χ1v) is 9.27. The molecule has 0 atom stereocenters. The van der Waals surface area contributed by atoms with Crippen LogP contribution in [0.5, 0.6) is 5.75 Å². The number of ether oxygens (including phenoxy) is 1. The number of hydrogen-bond donors (Lipinski definition) is 1. The highest BCUT2D eigenvalue weighted by Crippen LogP contribution is 2.34. The Bertz CT molecular complexity index is 730. The molecule has 0 unspecified atom stereocenters. The average Bonchev–Trinajstić information content (AvgIpc) is 2.95. The minimum atomic E-state index is -0.929. The van der Waals surface area contributed by atoms with Crippen LogP contribution in [0, 0.1) is 5.92 Å². The predicted molar refractivity (Wildman–Crippen MR) is 98.7 cm³/mol. The molecule has 3 heterocycles. The second-order valence-electron chi connectivity index (χ2n) is 6.96. The molecule has 2 aromatic rings. The number of methoxy groups -OCH3 is 1. The van der Waals surface area contributed by atoms with E-state index in [-0.39, 0.29) is 5.56 Å². The molecule has 1 fully saturated rings. The summed E-state index contributed by atoms with van der Waals surface area (Å²) in [5.74, 6) is 0.167. The third-order valence-corrected chi connectivity index (χ3v) is 5.33. The lowest BCUT2D eigenvalue weighted by Gasteiger charge is -2.32. The van der Waals surface area contributed by atoms with Crippen LogP contribution in [0.1, 0.15) is 48.7 Å². The van der Waals surface area contributed by atoms with E-state index in [4.69, 9.17) is 4.74 Å². The van der Waals surface area contributed by atoms with Gasteiger partial charge in [0.1, 0.15) is 5.56 Å². The largest absolute Gasteiger partial charge is 0.494 e. The lowest BCUT2D eigenvalue weighted by Crippen LogP contribution is -2.35. The van der Waals surface area contributed by atoms with Gasteiger partial charge in [-0.2, -0.15) is 0 Å². The summed E-state index contributed by atoms with van der Waals surface area (Å²) in [4.78, 5) is 14.3. The van der Waals surface area contributed by atoms with E-state index in [1.807, 2.05) is 28.8 Å². The number of carboxylic acid groups (broad SMARTS) is 1. The van der Waals surface area contributed by atoms with Crippen molar-refractivity contribution in [2.45, 2.75) is 39.0 Å². The zero-order valence-corrected chi connectivity index (χ0v) is 15.2. The van der Waals surface area contributed by atoms with Crippen molar-refractivity contribution in [3.63, 3.8) is 0 Å². The third kappa shape index (κ3) is 3.66. The summed E-state index contributed by atoms with van der Waals surface area (Å²) in [5, 5.41) is 9.63. The molecule has 0 aromatic carbocycles. The molecule has 0 aliphatic carbocycles. The molecular weight excluding hydrogens is 316 g/mol. The van der Waals surface area contributed by atoms with E-state index in [1.54, 1.807) is 7.11 Å². The number of aromatic nitrogens is 1. The molecule has 2 aromatic heterocycles. The Hall–Kier alpha value is -2.01. The molecule has 1 aliphatic heterocycles. The quantitative estimate of drug-likeness (QED) is 0.832. The molecule has 0 bridgehead atoms. The maximum absolute atomic E-state index is 11.7. The van der Waals surface area contributed by atoms with Crippen molar-refractivity contribution >= 4 is 11.5 Å². The molecule has 25 heavy (non-hydrogen) atoms. The van der Waals surface area contributed by atoms with E-state index in [0.717, 1.165) is 38.0 Å². The molecule has 136 valence electrons. The number of aromatic carboxylic acids is 1. The fourth-order valence-electron chi connectivity index (χ4n) is 3.94. The normalized spacial score (nSPS) is 16.4. The molecule has 1 N–H and O–H groups in total. The summed E-state index contributed by atoms with van der Waals surface area (Å²) in [6, 6.07) is 5.66. The summed E-state index contributed by atoms with van der Waals surface area (Å²) in [6.45, 7) is 5.71. The maximum Gasteiger partial charge on any atom is 0.341 e. The molecule has 3 rings (SSSR count). The van der Waals surface area contributed by atoms with E-state index in [0.29, 0.717) is 17.2 Å². The SMILES string of the molecule is CCCCN1CCC(Cc2c(OC)c(C(=O)O)c3ccccn23)CC1. The van der Waals surface area contributed by atoms with Crippen molar-refractivity contribution in [2.75, 3.05) is 26.7 Å². The summed E-state index contributed by atoms with van der Waals surface area (Å²) >= 11 is 0. The standard InChI is InChI=1S/C20H28N2O3/c1-3-4-10-21-12-8-15(9-13-21)14-17-19(25-2)18(20(23)24)16-7-5-6-11-22(16)17/h5-7,11,15H,3-4,8-10,12-14H2,1-2H3,(H,23,24). The van der Waals surface area contributed by atoms with Crippen LogP contribution in [-0.4, -0.2) is 47.1 Å². The number of likely N-dealkylation sites (tertiary alicyclic amines) is 1. The molecule has 0 radical (unpaired) electrons. The highest BCUT2D eigenvalue weighted by Gasteiger charge is 2.27. The molecule has 1 aliphatic rings. The second-order valence-corrected chi connectivity index (χ2v) is 6.96. The summed E-state index contributed by atoms with van der Waals surface area (Å²) < 4.78 is 7.52. The first kappa shape index (κ1) is 17.8. The molecule has 0 amide bonds. The van der Waals surface area contributed by atoms with Crippen LogP contribution in [0.25, 0.3) is 5.52 Å². The number of piperidine rings is 1. The van der Waals surface area contributed by atoms with Crippen LogP contribution in [0.4, 0.5) is 0 Å². The average molecular weight is 344 g/mol. The van der Waals surface area contributed by atoms with Gasteiger partial charge >= 0.3 is 5.97 Å². The van der Waals surface area contributed by atoms with Gasteiger partial charge in [-0.1, -0.05) is 19.4 Å². The maximum atomic E-state index is 11.7. The van der Waals surface area contributed by atoms with Gasteiger partial charge in [0.05, 0.1) is 18.3 Å². The van der Waals surface area contributed by atoms with Crippen molar-refractivity contribution in [2.24, 2.45) is 5.92 Å². The Morgan fingerprint density at radius 2 is 2.08 bits per heavy atom. The summed E-state index contributed by atoms with van der Waals surface area (Å²) in [7, 11) is 1.57. The van der Waals surface area contributed by atoms with Gasteiger partial charge in [-0.15, -0.1) is 0 Å². The fraction of sp³-hybridized carbons (Fsp3) is 0.550. The zero-order chi connectivity index (χ0) is 17.8. The Morgan fingerprint density at radius 3 is 2.72 bits per heavy atom. The number of pyridine rings is 1. The minimum absolute atomic E-state index is 0.276. The predicted octanol–water partition coefficient (Wildman–Crippen LogP) is 3.70. The first-order valence-electron chi connectivity index (χ1n) is 9.27. The van der Waals surface area contributed by atoms with Crippen LogP contribution in [-0.2, 0) is 6.42 Å². The number of carbonyl (C=O) groups is 1. The van der Waals surface area contributed by atoms with Crippen molar-refractivity contribution in [1.82, 2.24) is 9.30 Å². The number of fused-ring (bicyclic) bond motifs is 1. The highest BCUT2D eigenvalue weighted by molar-refractivity contribution is 6.00. The molecule has 1 saturated heterocycles. The van der Waals surface area contributed by atoms with E-state index >= 15 is 0 Å². The third-order valence-electron chi connectivity index (χ3n) is 5.33. The van der Waals surface area contributed by atoms with Crippen LogP contribution in [0.3, 0.4) is 0 Å². The Labute approximate surface area is 149 Å². The Balaban J connectivity index is 1.81. The van der Waals surface area contributed by atoms with Crippen molar-refractivity contribution in [1.29, 1.82) is 0 Å². The number of carboxylic acids is 1.